The molecule has 0 heterocycles. The molecule has 5 heteroatoms. The fourth-order valence-corrected chi connectivity index (χ4v) is 2.66. The topological polar surface area (TPSA) is 61.3 Å². The fraction of sp³-hybridized carbons (Fsp3) is 0.538. The van der Waals surface area contributed by atoms with Gasteiger partial charge in [-0.3, -0.25) is 0 Å². The van der Waals surface area contributed by atoms with Gasteiger partial charge in [0, 0.05) is 5.02 Å². The molecule has 3 nitrogen and oxygen atoms in total. The van der Waals surface area contributed by atoms with Crippen LogP contribution in [0.3, 0.4) is 0 Å². The first-order valence-electron chi connectivity index (χ1n) is 5.96. The van der Waals surface area contributed by atoms with E-state index in [1.54, 1.807) is 13.2 Å². The predicted octanol–water partition coefficient (Wildman–Crippen LogP) is 3.03. The van der Waals surface area contributed by atoms with Crippen molar-refractivity contribution in [2.24, 2.45) is 17.4 Å². The maximum atomic E-state index is 6.12. The normalized spacial score (nSPS) is 12.8. The number of rotatable bonds is 6. The summed E-state index contributed by atoms with van der Waals surface area (Å²) in [6.07, 6.45) is 0.889. The van der Waals surface area contributed by atoms with E-state index in [2.05, 4.69) is 6.92 Å². The van der Waals surface area contributed by atoms with Crippen LogP contribution in [0.4, 0.5) is 0 Å². The fourth-order valence-electron chi connectivity index (χ4n) is 2.08. The van der Waals surface area contributed by atoms with E-state index in [1.165, 1.54) is 0 Å². The molecule has 0 bridgehead atoms. The molecular formula is C13H20Cl2N2O. The Hall–Kier alpha value is -0.480. The summed E-state index contributed by atoms with van der Waals surface area (Å²) >= 11 is 12.2. The SMILES string of the molecule is COc1c(Cl)cc(Cl)cc1C(C)CC(CN)CN. The zero-order valence-corrected chi connectivity index (χ0v) is 12.3. The summed E-state index contributed by atoms with van der Waals surface area (Å²) in [6.45, 7) is 3.26. The smallest absolute Gasteiger partial charge is 0.141 e. The Morgan fingerprint density at radius 1 is 1.22 bits per heavy atom. The summed E-state index contributed by atoms with van der Waals surface area (Å²) in [4.78, 5) is 0. The molecule has 0 radical (unpaired) electrons. The molecule has 0 aromatic heterocycles. The van der Waals surface area contributed by atoms with Gasteiger partial charge in [-0.05, 0) is 49.0 Å². The van der Waals surface area contributed by atoms with Gasteiger partial charge in [-0.15, -0.1) is 0 Å². The number of benzene rings is 1. The lowest BCUT2D eigenvalue weighted by molar-refractivity contribution is 0.397. The molecule has 1 aromatic carbocycles. The molecule has 4 N–H and O–H groups in total. The summed E-state index contributed by atoms with van der Waals surface area (Å²) in [5.74, 6) is 1.22. The first-order chi connectivity index (χ1) is 8.53. The van der Waals surface area contributed by atoms with Crippen molar-refractivity contribution >= 4 is 23.2 Å². The van der Waals surface area contributed by atoms with Crippen LogP contribution in [0, 0.1) is 5.92 Å². The minimum atomic E-state index is 0.244. The highest BCUT2D eigenvalue weighted by Crippen LogP contribution is 2.38. The summed E-state index contributed by atoms with van der Waals surface area (Å²) in [5, 5.41) is 1.14. The summed E-state index contributed by atoms with van der Waals surface area (Å²) in [7, 11) is 1.61. The van der Waals surface area contributed by atoms with Gasteiger partial charge in [0.2, 0.25) is 0 Å². The molecule has 0 spiro atoms. The number of nitrogens with two attached hydrogens (primary N) is 2. The zero-order valence-electron chi connectivity index (χ0n) is 10.7. The number of ether oxygens (including phenoxy) is 1. The van der Waals surface area contributed by atoms with Crippen LogP contribution in [0.5, 0.6) is 5.75 Å². The molecule has 0 saturated carbocycles. The van der Waals surface area contributed by atoms with Crippen LogP contribution in [-0.4, -0.2) is 20.2 Å². The van der Waals surface area contributed by atoms with Crippen LogP contribution in [0.15, 0.2) is 12.1 Å². The average Bonchev–Trinajstić information content (AvgIpc) is 2.34. The van der Waals surface area contributed by atoms with Gasteiger partial charge in [-0.2, -0.15) is 0 Å². The van der Waals surface area contributed by atoms with Gasteiger partial charge < -0.3 is 16.2 Å². The van der Waals surface area contributed by atoms with Gasteiger partial charge in [0.05, 0.1) is 12.1 Å². The lowest BCUT2D eigenvalue weighted by atomic mass is 9.89. The van der Waals surface area contributed by atoms with Crippen LogP contribution in [0.2, 0.25) is 10.0 Å². The molecule has 1 rings (SSSR count). The van der Waals surface area contributed by atoms with Crippen molar-refractivity contribution in [2.75, 3.05) is 20.2 Å². The van der Waals surface area contributed by atoms with Crippen molar-refractivity contribution < 1.29 is 4.74 Å². The number of hydrogen-bond acceptors (Lipinski definition) is 3. The molecule has 0 aliphatic carbocycles. The Morgan fingerprint density at radius 3 is 2.33 bits per heavy atom. The number of hydrogen-bond donors (Lipinski definition) is 2. The molecule has 0 aliphatic heterocycles. The van der Waals surface area contributed by atoms with E-state index in [1.807, 2.05) is 6.07 Å². The molecule has 0 saturated heterocycles. The van der Waals surface area contributed by atoms with Crippen molar-refractivity contribution in [3.05, 3.63) is 27.7 Å². The van der Waals surface area contributed by atoms with Crippen molar-refractivity contribution in [3.63, 3.8) is 0 Å². The van der Waals surface area contributed by atoms with Gasteiger partial charge in [0.25, 0.3) is 0 Å². The van der Waals surface area contributed by atoms with Crippen LogP contribution < -0.4 is 16.2 Å². The van der Waals surface area contributed by atoms with E-state index < -0.39 is 0 Å². The van der Waals surface area contributed by atoms with Crippen LogP contribution in [-0.2, 0) is 0 Å². The molecular weight excluding hydrogens is 271 g/mol. The third kappa shape index (κ3) is 3.75. The summed E-state index contributed by atoms with van der Waals surface area (Å²) in [5.41, 5.74) is 12.4. The van der Waals surface area contributed by atoms with E-state index in [0.29, 0.717) is 34.8 Å². The second-order valence-corrected chi connectivity index (χ2v) is 5.33. The van der Waals surface area contributed by atoms with Gasteiger partial charge >= 0.3 is 0 Å². The highest BCUT2D eigenvalue weighted by Gasteiger charge is 2.18. The quantitative estimate of drug-likeness (QED) is 0.847. The third-order valence-corrected chi connectivity index (χ3v) is 3.62. The molecule has 0 amide bonds. The Bertz CT molecular complexity index is 395. The molecule has 0 fully saturated rings. The lowest BCUT2D eigenvalue weighted by Gasteiger charge is -2.21. The highest BCUT2D eigenvalue weighted by molar-refractivity contribution is 6.35. The van der Waals surface area contributed by atoms with E-state index in [0.717, 1.165) is 12.0 Å². The van der Waals surface area contributed by atoms with Crippen molar-refractivity contribution in [3.8, 4) is 5.75 Å². The first-order valence-corrected chi connectivity index (χ1v) is 6.72. The average molecular weight is 291 g/mol. The monoisotopic (exact) mass is 290 g/mol. The highest BCUT2D eigenvalue weighted by atomic mass is 35.5. The maximum absolute atomic E-state index is 6.12. The van der Waals surface area contributed by atoms with Crippen LogP contribution in [0.1, 0.15) is 24.8 Å². The van der Waals surface area contributed by atoms with Gasteiger partial charge in [0.15, 0.2) is 0 Å². The zero-order chi connectivity index (χ0) is 13.7. The Kier molecular flexibility index (Phi) is 6.22. The standard InChI is InChI=1S/C13H20Cl2N2O/c1-8(3-9(6-16)7-17)11-4-10(14)5-12(15)13(11)18-2/h4-5,8-9H,3,6-7,16-17H2,1-2H3. The Balaban J connectivity index is 3.00. The first kappa shape index (κ1) is 15.6. The van der Waals surface area contributed by atoms with Crippen molar-refractivity contribution in [2.45, 2.75) is 19.3 Å². The lowest BCUT2D eigenvalue weighted by Crippen LogP contribution is -2.24. The molecule has 1 unspecified atom stereocenters. The van der Waals surface area contributed by atoms with Gasteiger partial charge in [0.1, 0.15) is 5.75 Å². The second kappa shape index (κ2) is 7.19. The van der Waals surface area contributed by atoms with E-state index in [9.17, 15) is 0 Å². The molecule has 102 valence electrons. The van der Waals surface area contributed by atoms with Crippen molar-refractivity contribution in [1.82, 2.24) is 0 Å². The van der Waals surface area contributed by atoms with Crippen molar-refractivity contribution in [1.29, 1.82) is 0 Å². The third-order valence-electron chi connectivity index (χ3n) is 3.13. The minimum Gasteiger partial charge on any atom is -0.495 e. The Labute approximate surface area is 118 Å². The molecule has 18 heavy (non-hydrogen) atoms. The number of methoxy groups -OCH3 is 1. The molecule has 1 aromatic rings. The maximum Gasteiger partial charge on any atom is 0.141 e. The van der Waals surface area contributed by atoms with E-state index >= 15 is 0 Å². The van der Waals surface area contributed by atoms with Gasteiger partial charge in [-0.1, -0.05) is 30.1 Å². The van der Waals surface area contributed by atoms with E-state index in [4.69, 9.17) is 39.4 Å². The summed E-state index contributed by atoms with van der Waals surface area (Å²) in [6, 6.07) is 3.57. The minimum absolute atomic E-state index is 0.244. The van der Waals surface area contributed by atoms with Crippen LogP contribution in [0.25, 0.3) is 0 Å². The summed E-state index contributed by atoms with van der Waals surface area (Å²) < 4.78 is 5.35. The molecule has 1 atom stereocenters. The largest absolute Gasteiger partial charge is 0.495 e. The van der Waals surface area contributed by atoms with Crippen LogP contribution >= 0.6 is 23.2 Å². The van der Waals surface area contributed by atoms with E-state index in [-0.39, 0.29) is 5.92 Å². The Morgan fingerprint density at radius 2 is 1.83 bits per heavy atom. The predicted molar refractivity (Wildman–Crippen MR) is 77.6 cm³/mol. The second-order valence-electron chi connectivity index (χ2n) is 4.48. The molecule has 0 aliphatic rings. The number of halogens is 2. The van der Waals surface area contributed by atoms with Gasteiger partial charge in [-0.25, -0.2) is 0 Å².